The Labute approximate surface area is 110 Å². The van der Waals surface area contributed by atoms with Crippen molar-refractivity contribution in [3.05, 3.63) is 35.4 Å². The zero-order chi connectivity index (χ0) is 13.2. The highest BCUT2D eigenvalue weighted by Gasteiger charge is 2.43. The normalized spacial score (nSPS) is 19.6. The summed E-state index contributed by atoms with van der Waals surface area (Å²) >= 11 is 0. The van der Waals surface area contributed by atoms with Gasteiger partial charge in [0.25, 0.3) is 0 Å². The van der Waals surface area contributed by atoms with E-state index in [9.17, 15) is 5.11 Å². The number of ether oxygens (including phenoxy) is 1. The average molecular weight is 248 g/mol. The molecule has 1 unspecified atom stereocenters. The number of methoxy groups -OCH3 is 1. The minimum atomic E-state index is -0.388. The third-order valence-electron chi connectivity index (χ3n) is 4.29. The molecule has 100 valence electrons. The predicted molar refractivity (Wildman–Crippen MR) is 73.8 cm³/mol. The molecule has 1 saturated carbocycles. The first-order valence-electron chi connectivity index (χ1n) is 6.89. The Morgan fingerprint density at radius 2 is 1.83 bits per heavy atom. The maximum Gasteiger partial charge on any atom is 0.0939 e. The third-order valence-corrected chi connectivity index (χ3v) is 4.29. The molecule has 0 heterocycles. The molecule has 1 fully saturated rings. The molecule has 2 heteroatoms. The van der Waals surface area contributed by atoms with Crippen LogP contribution in [0.4, 0.5) is 0 Å². The fourth-order valence-corrected chi connectivity index (χ4v) is 2.65. The van der Waals surface area contributed by atoms with Gasteiger partial charge in [-0.15, -0.1) is 0 Å². The highest BCUT2D eigenvalue weighted by Crippen LogP contribution is 2.39. The number of hydrogen-bond donors (Lipinski definition) is 1. The van der Waals surface area contributed by atoms with Gasteiger partial charge in [0.2, 0.25) is 0 Å². The van der Waals surface area contributed by atoms with Crippen LogP contribution in [0.25, 0.3) is 0 Å². The zero-order valence-corrected chi connectivity index (χ0v) is 11.6. The molecule has 0 aromatic heterocycles. The van der Waals surface area contributed by atoms with E-state index < -0.39 is 0 Å². The van der Waals surface area contributed by atoms with Crippen molar-refractivity contribution < 1.29 is 9.84 Å². The van der Waals surface area contributed by atoms with Crippen molar-refractivity contribution in [3.63, 3.8) is 0 Å². The van der Waals surface area contributed by atoms with Crippen molar-refractivity contribution in [2.45, 2.75) is 57.2 Å². The van der Waals surface area contributed by atoms with Gasteiger partial charge in [-0.05, 0) is 36.3 Å². The molecule has 1 N–H and O–H groups in total. The molecular weight excluding hydrogens is 224 g/mol. The molecule has 1 aliphatic carbocycles. The number of benzene rings is 1. The SMILES string of the molecule is COC1(C(O)Cc2ccc(C(C)C)cc2)CCC1. The molecule has 0 radical (unpaired) electrons. The van der Waals surface area contributed by atoms with Crippen molar-refractivity contribution >= 4 is 0 Å². The summed E-state index contributed by atoms with van der Waals surface area (Å²) in [5, 5.41) is 10.3. The standard InChI is InChI=1S/C16H24O2/c1-12(2)14-7-5-13(6-8-14)11-15(17)16(18-3)9-4-10-16/h5-8,12,15,17H,4,9-11H2,1-3H3. The van der Waals surface area contributed by atoms with E-state index >= 15 is 0 Å². The molecule has 0 amide bonds. The van der Waals surface area contributed by atoms with E-state index in [1.165, 1.54) is 11.1 Å². The van der Waals surface area contributed by atoms with Gasteiger partial charge in [-0.2, -0.15) is 0 Å². The summed E-state index contributed by atoms with van der Waals surface area (Å²) in [6.45, 7) is 4.39. The van der Waals surface area contributed by atoms with Crippen LogP contribution >= 0.6 is 0 Å². The van der Waals surface area contributed by atoms with Crippen LogP contribution in [0.3, 0.4) is 0 Å². The van der Waals surface area contributed by atoms with E-state index in [4.69, 9.17) is 4.74 Å². The van der Waals surface area contributed by atoms with Crippen LogP contribution in [0, 0.1) is 0 Å². The number of aliphatic hydroxyl groups is 1. The van der Waals surface area contributed by atoms with Crippen molar-refractivity contribution in [1.82, 2.24) is 0 Å². The highest BCUT2D eigenvalue weighted by molar-refractivity contribution is 5.25. The van der Waals surface area contributed by atoms with Gasteiger partial charge < -0.3 is 9.84 Å². The number of aliphatic hydroxyl groups excluding tert-OH is 1. The van der Waals surface area contributed by atoms with Crippen LogP contribution in [-0.2, 0) is 11.2 Å². The molecule has 1 aliphatic rings. The first kappa shape index (κ1) is 13.6. The molecule has 1 atom stereocenters. The summed E-state index contributed by atoms with van der Waals surface area (Å²) < 4.78 is 5.52. The Morgan fingerprint density at radius 1 is 1.22 bits per heavy atom. The molecule has 2 rings (SSSR count). The smallest absolute Gasteiger partial charge is 0.0939 e. The van der Waals surface area contributed by atoms with Crippen molar-refractivity contribution in [2.75, 3.05) is 7.11 Å². The third kappa shape index (κ3) is 2.60. The number of rotatable bonds is 5. The molecule has 0 bridgehead atoms. The Balaban J connectivity index is 2.00. The summed E-state index contributed by atoms with van der Waals surface area (Å²) in [7, 11) is 1.71. The van der Waals surface area contributed by atoms with E-state index in [0.717, 1.165) is 19.3 Å². The fourth-order valence-electron chi connectivity index (χ4n) is 2.65. The first-order valence-corrected chi connectivity index (χ1v) is 6.89. The number of hydrogen-bond acceptors (Lipinski definition) is 2. The van der Waals surface area contributed by atoms with Gasteiger partial charge in [0.05, 0.1) is 11.7 Å². The Kier molecular flexibility index (Phi) is 4.08. The lowest BCUT2D eigenvalue weighted by Gasteiger charge is -2.44. The monoisotopic (exact) mass is 248 g/mol. The molecule has 0 aliphatic heterocycles. The summed E-state index contributed by atoms with van der Waals surface area (Å²) in [6, 6.07) is 8.57. The largest absolute Gasteiger partial charge is 0.390 e. The molecular formula is C16H24O2. The van der Waals surface area contributed by atoms with Crippen LogP contribution in [-0.4, -0.2) is 23.9 Å². The van der Waals surface area contributed by atoms with Crippen LogP contribution in [0.1, 0.15) is 50.2 Å². The molecule has 1 aromatic rings. The average Bonchev–Trinajstić information content (AvgIpc) is 2.29. The first-order chi connectivity index (χ1) is 8.57. The maximum atomic E-state index is 10.3. The van der Waals surface area contributed by atoms with Gasteiger partial charge >= 0.3 is 0 Å². The lowest BCUT2D eigenvalue weighted by atomic mass is 9.74. The van der Waals surface area contributed by atoms with Crippen molar-refractivity contribution in [3.8, 4) is 0 Å². The minimum absolute atomic E-state index is 0.281. The van der Waals surface area contributed by atoms with E-state index in [0.29, 0.717) is 12.3 Å². The van der Waals surface area contributed by atoms with Gasteiger partial charge in [0.15, 0.2) is 0 Å². The fraction of sp³-hybridized carbons (Fsp3) is 0.625. The van der Waals surface area contributed by atoms with E-state index in [-0.39, 0.29) is 11.7 Å². The quantitative estimate of drug-likeness (QED) is 0.866. The summed E-state index contributed by atoms with van der Waals surface area (Å²) in [5.41, 5.74) is 2.25. The van der Waals surface area contributed by atoms with E-state index in [2.05, 4.69) is 38.1 Å². The van der Waals surface area contributed by atoms with Crippen molar-refractivity contribution in [1.29, 1.82) is 0 Å². The lowest BCUT2D eigenvalue weighted by Crippen LogP contribution is -2.50. The summed E-state index contributed by atoms with van der Waals surface area (Å²) in [5.74, 6) is 0.556. The van der Waals surface area contributed by atoms with Gasteiger partial charge in [0.1, 0.15) is 0 Å². The zero-order valence-electron chi connectivity index (χ0n) is 11.6. The molecule has 1 aromatic carbocycles. The van der Waals surface area contributed by atoms with E-state index in [1.807, 2.05) is 0 Å². The molecule has 18 heavy (non-hydrogen) atoms. The Bertz CT molecular complexity index is 371. The summed E-state index contributed by atoms with van der Waals surface area (Å²) in [6.07, 6.45) is 3.42. The topological polar surface area (TPSA) is 29.5 Å². The second-order valence-corrected chi connectivity index (χ2v) is 5.74. The minimum Gasteiger partial charge on any atom is -0.390 e. The van der Waals surface area contributed by atoms with E-state index in [1.54, 1.807) is 7.11 Å². The Morgan fingerprint density at radius 3 is 2.22 bits per heavy atom. The maximum absolute atomic E-state index is 10.3. The van der Waals surface area contributed by atoms with Gasteiger partial charge in [-0.3, -0.25) is 0 Å². The summed E-state index contributed by atoms with van der Waals surface area (Å²) in [4.78, 5) is 0. The van der Waals surface area contributed by atoms with Gasteiger partial charge in [-0.1, -0.05) is 38.1 Å². The highest BCUT2D eigenvalue weighted by atomic mass is 16.5. The molecule has 0 saturated heterocycles. The van der Waals surface area contributed by atoms with Gasteiger partial charge in [0, 0.05) is 13.5 Å². The van der Waals surface area contributed by atoms with Crippen LogP contribution < -0.4 is 0 Å². The van der Waals surface area contributed by atoms with Crippen molar-refractivity contribution in [2.24, 2.45) is 0 Å². The second-order valence-electron chi connectivity index (χ2n) is 5.74. The molecule has 0 spiro atoms. The Hall–Kier alpha value is -0.860. The second kappa shape index (κ2) is 5.41. The predicted octanol–water partition coefficient (Wildman–Crippen LogP) is 3.28. The van der Waals surface area contributed by atoms with Crippen LogP contribution in [0.5, 0.6) is 0 Å². The molecule has 2 nitrogen and oxygen atoms in total. The van der Waals surface area contributed by atoms with Gasteiger partial charge in [-0.25, -0.2) is 0 Å². The lowest BCUT2D eigenvalue weighted by molar-refractivity contribution is -0.148. The van der Waals surface area contributed by atoms with Crippen LogP contribution in [0.2, 0.25) is 0 Å². The van der Waals surface area contributed by atoms with Crippen LogP contribution in [0.15, 0.2) is 24.3 Å².